The normalized spacial score (nSPS) is 10.5. The number of hydrogen-bond acceptors (Lipinski definition) is 1. The fourth-order valence-corrected chi connectivity index (χ4v) is 1.79. The first-order chi connectivity index (χ1) is 6.66. The Balaban J connectivity index is 2.52. The van der Waals surface area contributed by atoms with Crippen LogP contribution in [0.1, 0.15) is 11.1 Å². The summed E-state index contributed by atoms with van der Waals surface area (Å²) in [6.07, 6.45) is 1.95. The molecule has 14 heavy (non-hydrogen) atoms. The van der Waals surface area contributed by atoms with Crippen molar-refractivity contribution in [2.45, 2.75) is 13.8 Å². The molecule has 2 rings (SSSR count). The van der Waals surface area contributed by atoms with Gasteiger partial charge in [-0.2, -0.15) is 5.10 Å². The molecule has 2 aromatic rings. The lowest BCUT2D eigenvalue weighted by molar-refractivity contribution is 0.862. The standard InChI is InChI=1S/C11H11BrN2/c1-8-3-4-10(9(2)7-8)14-6-5-11(12)13-14/h3-7H,1-2H3. The van der Waals surface area contributed by atoms with E-state index in [0.717, 1.165) is 10.3 Å². The fourth-order valence-electron chi connectivity index (χ4n) is 1.50. The molecule has 72 valence electrons. The van der Waals surface area contributed by atoms with E-state index in [1.54, 1.807) is 0 Å². The van der Waals surface area contributed by atoms with Gasteiger partial charge in [-0.05, 0) is 47.5 Å². The van der Waals surface area contributed by atoms with E-state index in [1.165, 1.54) is 11.1 Å². The number of hydrogen-bond donors (Lipinski definition) is 0. The Kier molecular flexibility index (Phi) is 2.42. The number of nitrogens with zero attached hydrogens (tertiary/aromatic N) is 2. The van der Waals surface area contributed by atoms with Gasteiger partial charge in [0.2, 0.25) is 0 Å². The third-order valence-electron chi connectivity index (χ3n) is 2.16. The van der Waals surface area contributed by atoms with Crippen LogP contribution in [-0.2, 0) is 0 Å². The Morgan fingerprint density at radius 1 is 1.21 bits per heavy atom. The topological polar surface area (TPSA) is 17.8 Å². The van der Waals surface area contributed by atoms with Gasteiger partial charge in [0.1, 0.15) is 4.60 Å². The van der Waals surface area contributed by atoms with Crippen molar-refractivity contribution >= 4 is 15.9 Å². The Hall–Kier alpha value is -1.09. The number of halogens is 1. The minimum atomic E-state index is 0.859. The summed E-state index contributed by atoms with van der Waals surface area (Å²) in [5, 5.41) is 4.30. The van der Waals surface area contributed by atoms with Crippen molar-refractivity contribution in [2.75, 3.05) is 0 Å². The highest BCUT2D eigenvalue weighted by Crippen LogP contribution is 2.16. The van der Waals surface area contributed by atoms with Gasteiger partial charge in [0.25, 0.3) is 0 Å². The summed E-state index contributed by atoms with van der Waals surface area (Å²) < 4.78 is 2.73. The number of benzene rings is 1. The van der Waals surface area contributed by atoms with Gasteiger partial charge in [-0.3, -0.25) is 0 Å². The molecule has 0 aliphatic carbocycles. The number of rotatable bonds is 1. The Labute approximate surface area is 91.7 Å². The molecule has 0 spiro atoms. The van der Waals surface area contributed by atoms with E-state index in [4.69, 9.17) is 0 Å². The zero-order valence-electron chi connectivity index (χ0n) is 8.16. The lowest BCUT2D eigenvalue weighted by Gasteiger charge is -2.06. The molecule has 0 saturated heterocycles. The predicted molar refractivity (Wildman–Crippen MR) is 60.7 cm³/mol. The van der Waals surface area contributed by atoms with E-state index in [0.29, 0.717) is 0 Å². The zero-order valence-corrected chi connectivity index (χ0v) is 9.75. The van der Waals surface area contributed by atoms with Crippen molar-refractivity contribution in [3.8, 4) is 5.69 Å². The van der Waals surface area contributed by atoms with Crippen molar-refractivity contribution in [1.29, 1.82) is 0 Å². The quantitative estimate of drug-likeness (QED) is 0.760. The van der Waals surface area contributed by atoms with Gasteiger partial charge in [-0.1, -0.05) is 17.7 Å². The zero-order chi connectivity index (χ0) is 10.1. The summed E-state index contributed by atoms with van der Waals surface area (Å²) in [6.45, 7) is 4.19. The van der Waals surface area contributed by atoms with Crippen LogP contribution >= 0.6 is 15.9 Å². The molecule has 0 aliphatic rings. The van der Waals surface area contributed by atoms with Crippen LogP contribution in [0.5, 0.6) is 0 Å². The molecule has 2 nitrogen and oxygen atoms in total. The smallest absolute Gasteiger partial charge is 0.128 e. The highest BCUT2D eigenvalue weighted by Gasteiger charge is 2.02. The first-order valence-corrected chi connectivity index (χ1v) is 5.25. The van der Waals surface area contributed by atoms with Crippen molar-refractivity contribution < 1.29 is 0 Å². The van der Waals surface area contributed by atoms with E-state index in [1.807, 2.05) is 16.9 Å². The second kappa shape index (κ2) is 3.58. The highest BCUT2D eigenvalue weighted by molar-refractivity contribution is 9.10. The molecule has 1 heterocycles. The average molecular weight is 251 g/mol. The highest BCUT2D eigenvalue weighted by atomic mass is 79.9. The molecule has 0 fully saturated rings. The average Bonchev–Trinajstić information content (AvgIpc) is 2.51. The van der Waals surface area contributed by atoms with Crippen molar-refractivity contribution in [1.82, 2.24) is 9.78 Å². The van der Waals surface area contributed by atoms with Crippen LogP contribution < -0.4 is 0 Å². The van der Waals surface area contributed by atoms with Crippen LogP contribution in [0, 0.1) is 13.8 Å². The molecule has 1 aromatic carbocycles. The minimum absolute atomic E-state index is 0.859. The van der Waals surface area contributed by atoms with E-state index >= 15 is 0 Å². The van der Waals surface area contributed by atoms with Gasteiger partial charge in [0.05, 0.1) is 5.69 Å². The maximum absolute atomic E-state index is 4.30. The summed E-state index contributed by atoms with van der Waals surface area (Å²) in [5.74, 6) is 0. The fraction of sp³-hybridized carbons (Fsp3) is 0.182. The summed E-state index contributed by atoms with van der Waals surface area (Å²) in [5.41, 5.74) is 3.64. The molecule has 0 N–H and O–H groups in total. The SMILES string of the molecule is Cc1ccc(-n2ccc(Br)n2)c(C)c1. The summed E-state index contributed by atoms with van der Waals surface area (Å²) in [6, 6.07) is 8.27. The molecule has 0 unspecified atom stereocenters. The molecule has 0 atom stereocenters. The van der Waals surface area contributed by atoms with Crippen molar-refractivity contribution in [3.63, 3.8) is 0 Å². The van der Waals surface area contributed by atoms with Crippen molar-refractivity contribution in [2.24, 2.45) is 0 Å². The van der Waals surface area contributed by atoms with Gasteiger partial charge in [0, 0.05) is 6.20 Å². The molecular weight excluding hydrogens is 240 g/mol. The number of aromatic nitrogens is 2. The first-order valence-electron chi connectivity index (χ1n) is 4.45. The molecule has 0 aliphatic heterocycles. The third-order valence-corrected chi connectivity index (χ3v) is 2.58. The number of aryl methyl sites for hydroxylation is 2. The van der Waals surface area contributed by atoms with Crippen LogP contribution in [0.2, 0.25) is 0 Å². The van der Waals surface area contributed by atoms with Crippen LogP contribution in [0.25, 0.3) is 5.69 Å². The molecule has 0 amide bonds. The molecule has 1 aromatic heterocycles. The summed E-state index contributed by atoms with van der Waals surface area (Å²) in [4.78, 5) is 0. The Morgan fingerprint density at radius 3 is 2.57 bits per heavy atom. The maximum atomic E-state index is 4.30. The Bertz CT molecular complexity index is 460. The van der Waals surface area contributed by atoms with E-state index in [-0.39, 0.29) is 0 Å². The maximum Gasteiger partial charge on any atom is 0.128 e. The van der Waals surface area contributed by atoms with Crippen LogP contribution in [-0.4, -0.2) is 9.78 Å². The third kappa shape index (κ3) is 1.73. The van der Waals surface area contributed by atoms with E-state index < -0.39 is 0 Å². The van der Waals surface area contributed by atoms with Crippen molar-refractivity contribution in [3.05, 3.63) is 46.2 Å². The van der Waals surface area contributed by atoms with E-state index in [2.05, 4.69) is 53.1 Å². The minimum Gasteiger partial charge on any atom is -0.240 e. The van der Waals surface area contributed by atoms with Gasteiger partial charge in [-0.25, -0.2) is 4.68 Å². The second-order valence-corrected chi connectivity index (χ2v) is 4.19. The molecular formula is C11H11BrN2. The van der Waals surface area contributed by atoms with Crippen LogP contribution in [0.15, 0.2) is 35.1 Å². The predicted octanol–water partition coefficient (Wildman–Crippen LogP) is 3.25. The van der Waals surface area contributed by atoms with Crippen LogP contribution in [0.4, 0.5) is 0 Å². The van der Waals surface area contributed by atoms with Gasteiger partial charge in [0.15, 0.2) is 0 Å². The molecule has 3 heteroatoms. The van der Waals surface area contributed by atoms with Crippen LogP contribution in [0.3, 0.4) is 0 Å². The molecule has 0 saturated carbocycles. The van der Waals surface area contributed by atoms with Gasteiger partial charge < -0.3 is 0 Å². The van der Waals surface area contributed by atoms with E-state index in [9.17, 15) is 0 Å². The lowest BCUT2D eigenvalue weighted by atomic mass is 10.1. The lowest BCUT2D eigenvalue weighted by Crippen LogP contribution is -1.97. The summed E-state index contributed by atoms with van der Waals surface area (Å²) in [7, 11) is 0. The summed E-state index contributed by atoms with van der Waals surface area (Å²) >= 11 is 3.34. The Morgan fingerprint density at radius 2 is 2.00 bits per heavy atom. The largest absolute Gasteiger partial charge is 0.240 e. The molecule has 0 bridgehead atoms. The van der Waals surface area contributed by atoms with Gasteiger partial charge in [-0.15, -0.1) is 0 Å². The first kappa shape index (κ1) is 9.46. The molecule has 0 radical (unpaired) electrons. The van der Waals surface area contributed by atoms with Gasteiger partial charge >= 0.3 is 0 Å². The second-order valence-electron chi connectivity index (χ2n) is 3.37. The monoisotopic (exact) mass is 250 g/mol.